The quantitative estimate of drug-likeness (QED) is 0.276. The van der Waals surface area contributed by atoms with Crippen LogP contribution >= 0.6 is 0 Å². The Bertz CT molecular complexity index is 1700. The molecule has 1 aliphatic rings. The van der Waals surface area contributed by atoms with E-state index in [1.807, 2.05) is 49.4 Å². The van der Waals surface area contributed by atoms with Gasteiger partial charge in [0.2, 0.25) is 0 Å². The monoisotopic (exact) mass is 481 g/mol. The highest BCUT2D eigenvalue weighted by molar-refractivity contribution is 6.19. The smallest absolute Gasteiger partial charge is 0.263 e. The topological polar surface area (TPSA) is 81.9 Å². The molecule has 0 saturated carbocycles. The number of carbonyl (C=O) groups excluding carboxylic acids is 1. The Labute approximate surface area is 207 Å². The highest BCUT2D eigenvalue weighted by atomic mass is 16.5. The summed E-state index contributed by atoms with van der Waals surface area (Å²) in [5, 5.41) is 6.23. The van der Waals surface area contributed by atoms with Crippen LogP contribution in [0.2, 0.25) is 0 Å². The first-order valence-electron chi connectivity index (χ1n) is 12.3. The van der Waals surface area contributed by atoms with Crippen LogP contribution in [0, 0.1) is 0 Å². The first-order chi connectivity index (χ1) is 17.5. The van der Waals surface area contributed by atoms with Crippen LogP contribution in [0.25, 0.3) is 38.1 Å². The highest BCUT2D eigenvalue weighted by Gasteiger charge is 2.22. The van der Waals surface area contributed by atoms with Crippen LogP contribution in [-0.4, -0.2) is 41.2 Å². The Morgan fingerprint density at radius 3 is 2.81 bits per heavy atom. The van der Waals surface area contributed by atoms with Crippen LogP contribution < -0.4 is 15.6 Å². The summed E-state index contributed by atoms with van der Waals surface area (Å²) in [6, 6.07) is 13.3. The number of allylic oxidation sites excluding steroid dienone is 1. The molecule has 1 saturated heterocycles. The fourth-order valence-electron chi connectivity index (χ4n) is 5.35. The van der Waals surface area contributed by atoms with Crippen LogP contribution in [0.4, 0.5) is 0 Å². The van der Waals surface area contributed by atoms with Gasteiger partial charge in [-0.05, 0) is 50.5 Å². The SMILES string of the molecule is C=C(C)Cc1c(OCC(=O)NC[C@H]2CCCO2)ccc2c1c1ccnc3c4ccccc4c(=O)n2c13. The van der Waals surface area contributed by atoms with Gasteiger partial charge >= 0.3 is 0 Å². The van der Waals surface area contributed by atoms with Crippen molar-refractivity contribution in [1.82, 2.24) is 14.7 Å². The van der Waals surface area contributed by atoms with E-state index >= 15 is 0 Å². The zero-order valence-corrected chi connectivity index (χ0v) is 20.2. The highest BCUT2D eigenvalue weighted by Crippen LogP contribution is 2.38. The molecule has 0 unspecified atom stereocenters. The third kappa shape index (κ3) is 3.67. The maximum Gasteiger partial charge on any atom is 0.263 e. The third-order valence-electron chi connectivity index (χ3n) is 6.91. The van der Waals surface area contributed by atoms with Gasteiger partial charge in [-0.25, -0.2) is 0 Å². The van der Waals surface area contributed by atoms with E-state index in [0.717, 1.165) is 63.3 Å². The molecule has 5 aromatic rings. The average Bonchev–Trinajstić information content (AvgIpc) is 3.52. The van der Waals surface area contributed by atoms with Crippen LogP contribution in [0.1, 0.15) is 25.3 Å². The lowest BCUT2D eigenvalue weighted by molar-refractivity contribution is -0.123. The van der Waals surface area contributed by atoms with Gasteiger partial charge in [-0.3, -0.25) is 19.0 Å². The number of rotatable bonds is 7. The third-order valence-corrected chi connectivity index (χ3v) is 6.91. The maximum atomic E-state index is 13.6. The lowest BCUT2D eigenvalue weighted by Crippen LogP contribution is -2.35. The fraction of sp³-hybridized carbons (Fsp3) is 0.276. The molecule has 36 heavy (non-hydrogen) atoms. The lowest BCUT2D eigenvalue weighted by atomic mass is 9.99. The molecular formula is C29H27N3O4. The summed E-state index contributed by atoms with van der Waals surface area (Å²) in [4.78, 5) is 30.7. The van der Waals surface area contributed by atoms with Gasteiger partial charge < -0.3 is 14.8 Å². The van der Waals surface area contributed by atoms with Crippen molar-refractivity contribution in [2.45, 2.75) is 32.3 Å². The molecule has 3 aromatic heterocycles. The summed E-state index contributed by atoms with van der Waals surface area (Å²) in [6.07, 6.45) is 4.41. The molecule has 0 spiro atoms. The largest absolute Gasteiger partial charge is 0.483 e. The van der Waals surface area contributed by atoms with Crippen LogP contribution in [0.15, 0.2) is 65.6 Å². The Kier molecular flexibility index (Phi) is 5.57. The second kappa shape index (κ2) is 8.91. The summed E-state index contributed by atoms with van der Waals surface area (Å²) in [6.45, 7) is 7.22. The zero-order valence-electron chi connectivity index (χ0n) is 20.2. The minimum absolute atomic E-state index is 0.0745. The van der Waals surface area contributed by atoms with E-state index in [2.05, 4.69) is 16.9 Å². The van der Waals surface area contributed by atoms with Crippen molar-refractivity contribution in [2.24, 2.45) is 0 Å². The molecule has 182 valence electrons. The van der Waals surface area contributed by atoms with E-state index in [4.69, 9.17) is 9.47 Å². The molecule has 2 aromatic carbocycles. The molecule has 0 radical (unpaired) electrons. The molecule has 1 amide bonds. The number of amides is 1. The van der Waals surface area contributed by atoms with E-state index in [0.29, 0.717) is 24.1 Å². The van der Waals surface area contributed by atoms with Gasteiger partial charge in [-0.1, -0.05) is 30.4 Å². The Morgan fingerprint density at radius 2 is 2.03 bits per heavy atom. The fourth-order valence-corrected chi connectivity index (χ4v) is 5.35. The van der Waals surface area contributed by atoms with Crippen LogP contribution in [-0.2, 0) is 16.0 Å². The van der Waals surface area contributed by atoms with Gasteiger partial charge in [-0.15, -0.1) is 0 Å². The predicted octanol–water partition coefficient (Wildman–Crippen LogP) is 4.38. The summed E-state index contributed by atoms with van der Waals surface area (Å²) < 4.78 is 13.4. The van der Waals surface area contributed by atoms with Crippen LogP contribution in [0.3, 0.4) is 0 Å². The summed E-state index contributed by atoms with van der Waals surface area (Å²) in [7, 11) is 0. The first-order valence-corrected chi connectivity index (χ1v) is 12.3. The van der Waals surface area contributed by atoms with Gasteiger partial charge in [0.1, 0.15) is 5.75 Å². The Hall–Kier alpha value is -3.97. The molecule has 1 atom stereocenters. The second-order valence-corrected chi connectivity index (χ2v) is 9.54. The number of benzene rings is 2. The van der Waals surface area contributed by atoms with Crippen molar-refractivity contribution in [2.75, 3.05) is 19.8 Å². The van der Waals surface area contributed by atoms with E-state index < -0.39 is 0 Å². The number of fused-ring (bicyclic) bond motifs is 5. The predicted molar refractivity (Wildman–Crippen MR) is 141 cm³/mol. The Balaban J connectivity index is 1.47. The Morgan fingerprint density at radius 1 is 1.19 bits per heavy atom. The molecule has 7 nitrogen and oxygen atoms in total. The number of pyridine rings is 2. The van der Waals surface area contributed by atoms with Crippen molar-refractivity contribution in [3.63, 3.8) is 0 Å². The second-order valence-electron chi connectivity index (χ2n) is 9.54. The molecule has 0 aliphatic carbocycles. The van der Waals surface area contributed by atoms with Crippen molar-refractivity contribution in [3.05, 3.63) is 76.7 Å². The van der Waals surface area contributed by atoms with Gasteiger partial charge in [0.05, 0.1) is 22.7 Å². The van der Waals surface area contributed by atoms with Crippen molar-refractivity contribution in [1.29, 1.82) is 0 Å². The van der Waals surface area contributed by atoms with Gasteiger partial charge in [0.15, 0.2) is 6.61 Å². The summed E-state index contributed by atoms with van der Waals surface area (Å²) in [5.74, 6) is 0.420. The van der Waals surface area contributed by atoms with Crippen molar-refractivity contribution in [3.8, 4) is 5.75 Å². The van der Waals surface area contributed by atoms with Crippen molar-refractivity contribution < 1.29 is 14.3 Å². The molecule has 1 N–H and O–H groups in total. The van der Waals surface area contributed by atoms with Gasteiger partial charge in [-0.2, -0.15) is 0 Å². The lowest BCUT2D eigenvalue weighted by Gasteiger charge is -2.14. The summed E-state index contributed by atoms with van der Waals surface area (Å²) >= 11 is 0. The van der Waals surface area contributed by atoms with E-state index in [-0.39, 0.29) is 24.2 Å². The summed E-state index contributed by atoms with van der Waals surface area (Å²) in [5.41, 5.74) is 4.17. The molecule has 0 bridgehead atoms. The zero-order chi connectivity index (χ0) is 24.8. The normalized spacial score (nSPS) is 15.9. The number of nitrogens with one attached hydrogen (secondary N) is 1. The minimum Gasteiger partial charge on any atom is -0.483 e. The first kappa shape index (κ1) is 22.5. The van der Waals surface area contributed by atoms with E-state index in [9.17, 15) is 9.59 Å². The minimum atomic E-state index is -0.190. The number of nitrogens with zero attached hydrogens (tertiary/aromatic N) is 2. The van der Waals surface area contributed by atoms with Gasteiger partial charge in [0.25, 0.3) is 11.5 Å². The molecule has 6 rings (SSSR count). The standard InChI is InChI=1S/C29H27N3O4/c1-17(2)14-22-24(36-16-25(33)31-15-18-6-5-13-35-18)10-9-23-26(22)21-11-12-30-27-19-7-3-4-8-20(19)29(34)32(23)28(21)27/h3-4,7-12,18H,1,5-6,13-16H2,2H3,(H,31,33)/t18-/m1/s1. The number of hydrogen-bond donors (Lipinski definition) is 1. The average molecular weight is 482 g/mol. The number of aromatic nitrogens is 2. The molecule has 7 heteroatoms. The van der Waals surface area contributed by atoms with Gasteiger partial charge in [0, 0.05) is 46.5 Å². The number of hydrogen-bond acceptors (Lipinski definition) is 5. The van der Waals surface area contributed by atoms with E-state index in [1.165, 1.54) is 0 Å². The number of ether oxygens (including phenoxy) is 2. The van der Waals surface area contributed by atoms with Crippen molar-refractivity contribution >= 4 is 44.0 Å². The maximum absolute atomic E-state index is 13.6. The molecule has 1 aliphatic heterocycles. The molecule has 1 fully saturated rings. The van der Waals surface area contributed by atoms with Crippen LogP contribution in [0.5, 0.6) is 5.75 Å². The molecule has 4 heterocycles. The molecular weight excluding hydrogens is 454 g/mol. The van der Waals surface area contributed by atoms with E-state index in [1.54, 1.807) is 10.6 Å². The number of carbonyl (C=O) groups is 1.